The van der Waals surface area contributed by atoms with E-state index in [9.17, 15) is 17.7 Å². The minimum Gasteiger partial charge on any atom is -0.448 e. The summed E-state index contributed by atoms with van der Waals surface area (Å²) >= 11 is 0.486. The Morgan fingerprint density at radius 3 is 2.60 bits per heavy atom. The average Bonchev–Trinajstić information content (AvgIpc) is 2.06. The maximum absolute atomic E-state index is 11.8. The number of thioether (sulfide) groups is 1. The van der Waals surface area contributed by atoms with Gasteiger partial charge >= 0.3 is 58.4 Å². The van der Waals surface area contributed by atoms with Crippen molar-refractivity contribution in [1.29, 1.82) is 0 Å². The quantitative estimate of drug-likeness (QED) is 0.412. The molecule has 0 atom stereocenters. The van der Waals surface area contributed by atoms with Crippen molar-refractivity contribution in [3.63, 3.8) is 0 Å². The summed E-state index contributed by atoms with van der Waals surface area (Å²) in [6, 6.07) is 0. The van der Waals surface area contributed by atoms with Gasteiger partial charge in [0.2, 0.25) is 0 Å². The van der Waals surface area contributed by atoms with Crippen LogP contribution in [0.25, 0.3) is 0 Å². The minimum absolute atomic E-state index is 0. The Kier molecular flexibility index (Phi) is 6.77. The van der Waals surface area contributed by atoms with Crippen molar-refractivity contribution in [3.8, 4) is 0 Å². The zero-order chi connectivity index (χ0) is 10.8. The number of aryl methyl sites for hydroxylation is 1. The molecular formula is C6H7BF3KN2OS. The number of aromatic nitrogens is 2. The first-order chi connectivity index (χ1) is 6.38. The molecule has 0 aliphatic carbocycles. The van der Waals surface area contributed by atoms with Gasteiger partial charge in [0, 0.05) is 11.8 Å². The molecule has 0 saturated heterocycles. The Hall–Kier alpha value is 0.721. The summed E-state index contributed by atoms with van der Waals surface area (Å²) in [7, 11) is 0. The van der Waals surface area contributed by atoms with Crippen LogP contribution in [0.4, 0.5) is 12.9 Å². The summed E-state index contributed by atoms with van der Waals surface area (Å²) in [5.41, 5.74) is -1.02. The van der Waals surface area contributed by atoms with Gasteiger partial charge in [-0.3, -0.25) is 4.79 Å². The van der Waals surface area contributed by atoms with E-state index in [0.29, 0.717) is 17.3 Å². The fourth-order valence-electron chi connectivity index (χ4n) is 0.689. The number of nitrogens with one attached hydrogen (secondary N) is 1. The van der Waals surface area contributed by atoms with E-state index in [4.69, 9.17) is 0 Å². The molecule has 1 heterocycles. The Balaban J connectivity index is 0.00000196. The molecular weight excluding hydrogens is 255 g/mol. The van der Waals surface area contributed by atoms with Gasteiger partial charge in [0.25, 0.3) is 5.56 Å². The molecule has 1 N–H and O–H groups in total. The van der Waals surface area contributed by atoms with Gasteiger partial charge in [-0.1, -0.05) is 0 Å². The predicted molar refractivity (Wildman–Crippen MR) is 49.4 cm³/mol. The van der Waals surface area contributed by atoms with Crippen LogP contribution >= 0.6 is 11.8 Å². The first-order valence-corrected chi connectivity index (χ1v) is 4.77. The fourth-order valence-corrected chi connectivity index (χ4v) is 1.33. The smallest absolute Gasteiger partial charge is 0.448 e. The van der Waals surface area contributed by atoms with Crippen molar-refractivity contribution >= 4 is 18.7 Å². The molecule has 0 fully saturated rings. The van der Waals surface area contributed by atoms with Crippen LogP contribution in [0.2, 0.25) is 0 Å². The minimum atomic E-state index is -4.85. The molecule has 1 aromatic heterocycles. The molecule has 0 saturated carbocycles. The van der Waals surface area contributed by atoms with Crippen molar-refractivity contribution < 1.29 is 64.3 Å². The summed E-state index contributed by atoms with van der Waals surface area (Å²) < 4.78 is 35.5. The van der Waals surface area contributed by atoms with Gasteiger partial charge < -0.3 is 17.9 Å². The number of rotatable bonds is 3. The number of aromatic amines is 1. The standard InChI is InChI=1S/C6H7BF3N2OS.K/c1-4-2-11-6(12-5(4)13)14-3-7(8,9)10;/h2H,3H2,1H3,(H,11,12,13);/q-1;+1. The van der Waals surface area contributed by atoms with E-state index in [1.807, 2.05) is 0 Å². The summed E-state index contributed by atoms with van der Waals surface area (Å²) in [4.78, 5) is 16.9. The first kappa shape index (κ1) is 15.7. The zero-order valence-corrected chi connectivity index (χ0v) is 12.2. The Bertz CT molecular complexity index is 383. The van der Waals surface area contributed by atoms with Crippen LogP contribution in [0.1, 0.15) is 5.56 Å². The zero-order valence-electron chi connectivity index (χ0n) is 8.26. The summed E-state index contributed by atoms with van der Waals surface area (Å²) in [6.07, 6.45) is 1.25. The molecule has 0 aliphatic rings. The van der Waals surface area contributed by atoms with E-state index >= 15 is 0 Å². The van der Waals surface area contributed by atoms with Crippen LogP contribution in [0, 0.1) is 6.92 Å². The Morgan fingerprint density at radius 2 is 2.13 bits per heavy atom. The molecule has 15 heavy (non-hydrogen) atoms. The molecule has 78 valence electrons. The van der Waals surface area contributed by atoms with Crippen LogP contribution in [-0.4, -0.2) is 22.6 Å². The number of nitrogens with zero attached hydrogens (tertiary/aromatic N) is 1. The molecule has 1 rings (SSSR count). The van der Waals surface area contributed by atoms with E-state index in [1.165, 1.54) is 13.1 Å². The molecule has 1 aromatic rings. The van der Waals surface area contributed by atoms with Crippen LogP contribution in [0.3, 0.4) is 0 Å². The third-order valence-corrected chi connectivity index (χ3v) is 2.39. The SMILES string of the molecule is Cc1cnc(SC[B-](F)(F)F)[nH]c1=O.[K+]. The van der Waals surface area contributed by atoms with Crippen LogP contribution in [-0.2, 0) is 0 Å². The van der Waals surface area contributed by atoms with E-state index in [-0.39, 0.29) is 56.5 Å². The van der Waals surface area contributed by atoms with E-state index in [1.54, 1.807) is 0 Å². The maximum Gasteiger partial charge on any atom is 1.00 e. The second kappa shape index (κ2) is 6.46. The van der Waals surface area contributed by atoms with Gasteiger partial charge in [-0.25, -0.2) is 4.98 Å². The number of hydrogen-bond donors (Lipinski definition) is 1. The normalized spacial score (nSPS) is 10.9. The summed E-state index contributed by atoms with van der Waals surface area (Å²) in [6.45, 7) is -3.31. The summed E-state index contributed by atoms with van der Waals surface area (Å²) in [5, 5.41) is -0.000185. The maximum atomic E-state index is 11.8. The van der Waals surface area contributed by atoms with Gasteiger partial charge in [-0.05, 0) is 12.6 Å². The molecule has 0 bridgehead atoms. The van der Waals surface area contributed by atoms with Crippen LogP contribution in [0.15, 0.2) is 16.1 Å². The molecule has 0 radical (unpaired) electrons. The third-order valence-electron chi connectivity index (χ3n) is 1.36. The molecule has 3 nitrogen and oxygen atoms in total. The number of halogens is 3. The Morgan fingerprint density at radius 1 is 1.53 bits per heavy atom. The second-order valence-corrected chi connectivity index (χ2v) is 3.73. The molecule has 0 amide bonds. The van der Waals surface area contributed by atoms with Crippen molar-refractivity contribution in [2.24, 2.45) is 0 Å². The topological polar surface area (TPSA) is 45.8 Å². The first-order valence-electron chi connectivity index (χ1n) is 3.78. The average molecular weight is 262 g/mol. The van der Waals surface area contributed by atoms with Crippen molar-refractivity contribution in [3.05, 3.63) is 22.1 Å². The molecule has 0 aliphatic heterocycles. The van der Waals surface area contributed by atoms with Gasteiger partial charge in [-0.2, -0.15) is 0 Å². The molecule has 9 heteroatoms. The van der Waals surface area contributed by atoms with Crippen molar-refractivity contribution in [1.82, 2.24) is 9.97 Å². The van der Waals surface area contributed by atoms with E-state index < -0.39 is 18.2 Å². The molecule has 0 unspecified atom stereocenters. The predicted octanol–water partition coefficient (Wildman–Crippen LogP) is -1.44. The van der Waals surface area contributed by atoms with Gasteiger partial charge in [0.1, 0.15) is 0 Å². The largest absolute Gasteiger partial charge is 1.00 e. The fraction of sp³-hybridized carbons (Fsp3) is 0.333. The molecule has 0 aromatic carbocycles. The Labute approximate surface area is 131 Å². The third kappa shape index (κ3) is 6.13. The molecule has 0 spiro atoms. The number of hydrogen-bond acceptors (Lipinski definition) is 3. The van der Waals surface area contributed by atoms with Crippen LogP contribution < -0.4 is 56.9 Å². The van der Waals surface area contributed by atoms with Crippen molar-refractivity contribution in [2.45, 2.75) is 12.1 Å². The number of H-pyrrole nitrogens is 1. The van der Waals surface area contributed by atoms with Gasteiger partial charge in [0.05, 0.1) is 0 Å². The van der Waals surface area contributed by atoms with Gasteiger partial charge in [0.15, 0.2) is 5.16 Å². The van der Waals surface area contributed by atoms with Crippen molar-refractivity contribution in [2.75, 3.05) is 5.65 Å². The second-order valence-electron chi connectivity index (χ2n) is 2.72. The van der Waals surface area contributed by atoms with Crippen LogP contribution in [0.5, 0.6) is 0 Å². The van der Waals surface area contributed by atoms with E-state index in [0.717, 1.165) is 0 Å². The van der Waals surface area contributed by atoms with Gasteiger partial charge in [-0.15, -0.1) is 11.8 Å². The summed E-state index contributed by atoms with van der Waals surface area (Å²) in [5.74, 6) is 0. The van der Waals surface area contributed by atoms with E-state index in [2.05, 4.69) is 9.97 Å². The monoisotopic (exact) mass is 262 g/mol.